The summed E-state index contributed by atoms with van der Waals surface area (Å²) in [5, 5.41) is 44.5. The van der Waals surface area contributed by atoms with E-state index in [-0.39, 0.29) is 53.4 Å². The predicted molar refractivity (Wildman–Crippen MR) is 144 cm³/mol. The molecule has 0 saturated carbocycles. The standard InChI is InChI=1S/C30H35NO10/c1-12(2)11-39-18-7-5-6-15-21(18)28(36)24-23(26(15)34)27(35)16-9-30(38,14(4)32)10-19(22(16)29(24)37)41-20-8-17(31)25(33)13(3)40-20/h5-7,12-13,17,19-20,25,33,35,37-38H,8-11,31H2,1-4H3. The summed E-state index contributed by atoms with van der Waals surface area (Å²) in [5.74, 6) is -2.95. The largest absolute Gasteiger partial charge is 0.507 e. The highest BCUT2D eigenvalue weighted by Gasteiger charge is 2.49. The third kappa shape index (κ3) is 4.81. The van der Waals surface area contributed by atoms with E-state index in [1.54, 1.807) is 19.1 Å². The van der Waals surface area contributed by atoms with Gasteiger partial charge in [0.15, 0.2) is 17.9 Å². The second kappa shape index (κ2) is 10.5. The van der Waals surface area contributed by atoms with Crippen LogP contribution in [-0.4, -0.2) is 74.5 Å². The number of fused-ring (bicyclic) bond motifs is 3. The number of aliphatic hydroxyl groups excluding tert-OH is 1. The van der Waals surface area contributed by atoms with Crippen LogP contribution in [0.2, 0.25) is 0 Å². The molecule has 0 spiro atoms. The van der Waals surface area contributed by atoms with Gasteiger partial charge in [-0.3, -0.25) is 14.4 Å². The average Bonchev–Trinajstić information content (AvgIpc) is 2.90. The van der Waals surface area contributed by atoms with Crippen LogP contribution in [0.4, 0.5) is 0 Å². The number of hydrogen-bond acceptors (Lipinski definition) is 11. The molecule has 0 bridgehead atoms. The second-order valence-electron chi connectivity index (χ2n) is 11.6. The van der Waals surface area contributed by atoms with E-state index in [1.165, 1.54) is 13.0 Å². The molecule has 3 aliphatic rings. The molecular weight excluding hydrogens is 534 g/mol. The highest BCUT2D eigenvalue weighted by atomic mass is 16.7. The van der Waals surface area contributed by atoms with Gasteiger partial charge < -0.3 is 40.4 Å². The molecule has 41 heavy (non-hydrogen) atoms. The van der Waals surface area contributed by atoms with Gasteiger partial charge in [-0.25, -0.2) is 0 Å². The van der Waals surface area contributed by atoms with Crippen molar-refractivity contribution >= 4 is 17.3 Å². The number of benzene rings is 2. The minimum atomic E-state index is -2.00. The van der Waals surface area contributed by atoms with Gasteiger partial charge in [-0.1, -0.05) is 26.0 Å². The Balaban J connectivity index is 1.65. The number of carbonyl (C=O) groups excluding carboxylic acids is 3. The average molecular weight is 570 g/mol. The van der Waals surface area contributed by atoms with E-state index in [2.05, 4.69) is 0 Å². The van der Waals surface area contributed by atoms with Crippen molar-refractivity contribution in [1.29, 1.82) is 0 Å². The molecule has 1 saturated heterocycles. The number of Topliss-reactive ketones (excluding diaryl/α,β-unsaturated/α-hetero) is 1. The Hall–Kier alpha value is -3.35. The van der Waals surface area contributed by atoms with Crippen LogP contribution in [0.25, 0.3) is 0 Å². The number of aliphatic hydroxyl groups is 2. The smallest absolute Gasteiger partial charge is 0.202 e. The van der Waals surface area contributed by atoms with Crippen molar-refractivity contribution < 1.29 is 49.0 Å². The first-order valence-corrected chi connectivity index (χ1v) is 13.7. The normalized spacial score (nSPS) is 29.1. The molecule has 1 aliphatic heterocycles. The maximum absolute atomic E-state index is 13.9. The Morgan fingerprint density at radius 1 is 1.15 bits per heavy atom. The van der Waals surface area contributed by atoms with Crippen molar-refractivity contribution in [2.75, 3.05) is 6.61 Å². The lowest BCUT2D eigenvalue weighted by molar-refractivity contribution is -0.247. The molecule has 220 valence electrons. The summed E-state index contributed by atoms with van der Waals surface area (Å²) >= 11 is 0. The molecule has 0 radical (unpaired) electrons. The lowest BCUT2D eigenvalue weighted by Gasteiger charge is -2.42. The molecule has 2 aromatic carbocycles. The van der Waals surface area contributed by atoms with Crippen molar-refractivity contribution in [3.05, 3.63) is 51.6 Å². The summed E-state index contributed by atoms with van der Waals surface area (Å²) in [6.45, 7) is 6.94. The van der Waals surface area contributed by atoms with E-state index in [4.69, 9.17) is 19.9 Å². The lowest BCUT2D eigenvalue weighted by Crippen LogP contribution is -2.52. The topological polar surface area (TPSA) is 186 Å². The number of rotatable bonds is 6. The summed E-state index contributed by atoms with van der Waals surface area (Å²) in [6, 6.07) is 3.87. The van der Waals surface area contributed by atoms with Crippen LogP contribution in [0, 0.1) is 5.92 Å². The van der Waals surface area contributed by atoms with Crippen LogP contribution >= 0.6 is 0 Å². The van der Waals surface area contributed by atoms with Crippen molar-refractivity contribution in [1.82, 2.24) is 0 Å². The van der Waals surface area contributed by atoms with Crippen LogP contribution in [0.1, 0.15) is 89.6 Å². The van der Waals surface area contributed by atoms with E-state index >= 15 is 0 Å². The molecule has 5 rings (SSSR count). The number of phenolic OH excluding ortho intramolecular Hbond substituents is 2. The Morgan fingerprint density at radius 2 is 1.83 bits per heavy atom. The zero-order chi connectivity index (χ0) is 30.0. The van der Waals surface area contributed by atoms with Crippen LogP contribution in [0.3, 0.4) is 0 Å². The van der Waals surface area contributed by atoms with Gasteiger partial charge in [-0.05, 0) is 25.8 Å². The molecular formula is C30H35NO10. The number of ether oxygens (including phenoxy) is 3. The summed E-state index contributed by atoms with van der Waals surface area (Å²) in [4.78, 5) is 40.2. The maximum Gasteiger partial charge on any atom is 0.202 e. The Bertz CT molecular complexity index is 1420. The van der Waals surface area contributed by atoms with Gasteiger partial charge in [0.1, 0.15) is 22.8 Å². The van der Waals surface area contributed by atoms with E-state index in [0.717, 1.165) is 0 Å². The number of aromatic hydroxyl groups is 2. The van der Waals surface area contributed by atoms with Crippen molar-refractivity contribution in [2.45, 2.75) is 83.2 Å². The van der Waals surface area contributed by atoms with Crippen LogP contribution < -0.4 is 10.5 Å². The zero-order valence-corrected chi connectivity index (χ0v) is 23.3. The molecule has 1 heterocycles. The molecule has 0 amide bonds. The van der Waals surface area contributed by atoms with Crippen LogP contribution in [-0.2, 0) is 20.7 Å². The fourth-order valence-electron chi connectivity index (χ4n) is 5.87. The third-order valence-corrected chi connectivity index (χ3v) is 8.15. The van der Waals surface area contributed by atoms with Crippen LogP contribution in [0.5, 0.6) is 17.2 Å². The van der Waals surface area contributed by atoms with E-state index in [9.17, 15) is 34.8 Å². The molecule has 1 fully saturated rings. The Morgan fingerprint density at radius 3 is 2.46 bits per heavy atom. The second-order valence-corrected chi connectivity index (χ2v) is 11.6. The number of phenols is 2. The highest BCUT2D eigenvalue weighted by Crippen LogP contribution is 2.52. The predicted octanol–water partition coefficient (Wildman–Crippen LogP) is 2.06. The van der Waals surface area contributed by atoms with Crippen molar-refractivity contribution in [3.63, 3.8) is 0 Å². The molecule has 2 aromatic rings. The Kier molecular flexibility index (Phi) is 7.46. The minimum Gasteiger partial charge on any atom is -0.507 e. The number of nitrogens with two attached hydrogens (primary N) is 1. The van der Waals surface area contributed by atoms with E-state index in [1.807, 2.05) is 13.8 Å². The fourth-order valence-corrected chi connectivity index (χ4v) is 5.87. The summed E-state index contributed by atoms with van der Waals surface area (Å²) in [6.07, 6.45) is -4.55. The van der Waals surface area contributed by atoms with Crippen molar-refractivity contribution in [3.8, 4) is 17.2 Å². The van der Waals surface area contributed by atoms with Gasteiger partial charge in [0, 0.05) is 42.0 Å². The van der Waals surface area contributed by atoms with Gasteiger partial charge in [0.05, 0.1) is 41.6 Å². The van der Waals surface area contributed by atoms with Gasteiger partial charge in [0.25, 0.3) is 0 Å². The lowest BCUT2D eigenvalue weighted by atomic mass is 9.72. The molecule has 6 N–H and O–H groups in total. The Labute approximate surface area is 236 Å². The minimum absolute atomic E-state index is 0.000911. The highest BCUT2D eigenvalue weighted by molar-refractivity contribution is 6.31. The van der Waals surface area contributed by atoms with Gasteiger partial charge in [-0.2, -0.15) is 0 Å². The van der Waals surface area contributed by atoms with Gasteiger partial charge in [-0.15, -0.1) is 0 Å². The molecule has 11 nitrogen and oxygen atoms in total. The molecule has 11 heteroatoms. The van der Waals surface area contributed by atoms with Crippen LogP contribution in [0.15, 0.2) is 18.2 Å². The summed E-state index contributed by atoms with van der Waals surface area (Å²) in [7, 11) is 0. The fraction of sp³-hybridized carbons (Fsp3) is 0.500. The quantitative estimate of drug-likeness (QED) is 0.274. The van der Waals surface area contributed by atoms with Gasteiger partial charge >= 0.3 is 0 Å². The zero-order valence-electron chi connectivity index (χ0n) is 23.3. The van der Waals surface area contributed by atoms with Crippen molar-refractivity contribution in [2.24, 2.45) is 11.7 Å². The molecule has 2 aliphatic carbocycles. The maximum atomic E-state index is 13.9. The monoisotopic (exact) mass is 569 g/mol. The summed E-state index contributed by atoms with van der Waals surface area (Å²) < 4.78 is 17.7. The molecule has 6 unspecified atom stereocenters. The number of carbonyl (C=O) groups is 3. The molecule has 0 aromatic heterocycles. The number of hydrogen-bond donors (Lipinski definition) is 5. The first-order valence-electron chi connectivity index (χ1n) is 13.7. The van der Waals surface area contributed by atoms with Gasteiger partial charge in [0.2, 0.25) is 5.78 Å². The van der Waals surface area contributed by atoms with E-state index < -0.39 is 82.6 Å². The first kappa shape index (κ1) is 29.2. The SMILES string of the molecule is CC(=O)C1(O)Cc2c(O)c3c(c(O)c2C(OC2CC(N)C(O)C(C)O2)C1)C(=O)c1c(OCC(C)C)cccc1C3=O. The third-order valence-electron chi connectivity index (χ3n) is 8.15. The van der Waals surface area contributed by atoms with E-state index in [0.29, 0.717) is 0 Å². The number of ketones is 3. The first-order chi connectivity index (χ1) is 19.2. The summed E-state index contributed by atoms with van der Waals surface area (Å²) in [5.41, 5.74) is 3.07. The molecule has 6 atom stereocenters.